The second kappa shape index (κ2) is 8.19. The van der Waals surface area contributed by atoms with Gasteiger partial charge in [0.25, 0.3) is 5.91 Å². The third-order valence-electron chi connectivity index (χ3n) is 5.91. The van der Waals surface area contributed by atoms with Crippen LogP contribution in [0, 0.1) is 5.92 Å². The molecule has 1 aliphatic carbocycles. The second-order valence-corrected chi connectivity index (χ2v) is 7.81. The van der Waals surface area contributed by atoms with Gasteiger partial charge in [-0.1, -0.05) is 31.4 Å². The third kappa shape index (κ3) is 4.20. The summed E-state index contributed by atoms with van der Waals surface area (Å²) in [5.41, 5.74) is 0. The number of nitrogens with one attached hydrogen (secondary N) is 1. The Hall–Kier alpha value is -2.24. The monoisotopic (exact) mass is 372 g/mol. The summed E-state index contributed by atoms with van der Waals surface area (Å²) in [7, 11) is 0. The van der Waals surface area contributed by atoms with Gasteiger partial charge in [0.15, 0.2) is 11.5 Å². The van der Waals surface area contributed by atoms with Crippen molar-refractivity contribution < 1.29 is 19.1 Å². The van der Waals surface area contributed by atoms with E-state index in [4.69, 9.17) is 9.47 Å². The molecule has 1 aromatic rings. The number of carbonyl (C=O) groups excluding carboxylic acids is 2. The van der Waals surface area contributed by atoms with Crippen LogP contribution in [0.4, 0.5) is 0 Å². The Morgan fingerprint density at radius 2 is 1.67 bits per heavy atom. The van der Waals surface area contributed by atoms with Crippen LogP contribution < -0.4 is 14.8 Å². The largest absolute Gasteiger partial charge is 0.485 e. The van der Waals surface area contributed by atoms with Gasteiger partial charge in [-0.15, -0.1) is 0 Å². The van der Waals surface area contributed by atoms with Crippen LogP contribution in [-0.2, 0) is 9.59 Å². The van der Waals surface area contributed by atoms with E-state index in [1.165, 1.54) is 6.42 Å². The van der Waals surface area contributed by atoms with Gasteiger partial charge >= 0.3 is 0 Å². The molecule has 4 rings (SSSR count). The first kappa shape index (κ1) is 18.1. The summed E-state index contributed by atoms with van der Waals surface area (Å²) in [5, 5.41) is 3.21. The fourth-order valence-corrected chi connectivity index (χ4v) is 4.27. The fraction of sp³-hybridized carbons (Fsp3) is 0.619. The van der Waals surface area contributed by atoms with Gasteiger partial charge < -0.3 is 19.7 Å². The van der Waals surface area contributed by atoms with Crippen molar-refractivity contribution in [3.05, 3.63) is 24.3 Å². The molecule has 27 heavy (non-hydrogen) atoms. The lowest BCUT2D eigenvalue weighted by molar-refractivity contribution is -0.142. The molecular formula is C21H28N2O4. The van der Waals surface area contributed by atoms with Crippen molar-refractivity contribution in [3.63, 3.8) is 0 Å². The van der Waals surface area contributed by atoms with Crippen molar-refractivity contribution in [2.45, 2.75) is 57.1 Å². The van der Waals surface area contributed by atoms with Crippen LogP contribution in [0.15, 0.2) is 24.3 Å². The van der Waals surface area contributed by atoms with E-state index in [-0.39, 0.29) is 30.4 Å². The topological polar surface area (TPSA) is 67.9 Å². The molecular weight excluding hydrogens is 344 g/mol. The molecule has 0 aromatic heterocycles. The van der Waals surface area contributed by atoms with Crippen LogP contribution >= 0.6 is 0 Å². The quantitative estimate of drug-likeness (QED) is 0.885. The molecule has 6 heteroatoms. The highest BCUT2D eigenvalue weighted by Crippen LogP contribution is 2.31. The van der Waals surface area contributed by atoms with E-state index in [2.05, 4.69) is 5.32 Å². The highest BCUT2D eigenvalue weighted by molar-refractivity contribution is 5.82. The Labute approximate surface area is 160 Å². The van der Waals surface area contributed by atoms with Gasteiger partial charge in [0, 0.05) is 25.0 Å². The van der Waals surface area contributed by atoms with Gasteiger partial charge in [0.1, 0.15) is 6.61 Å². The third-order valence-corrected chi connectivity index (χ3v) is 5.91. The molecule has 1 saturated heterocycles. The maximum atomic E-state index is 12.8. The predicted molar refractivity (Wildman–Crippen MR) is 101 cm³/mol. The second-order valence-electron chi connectivity index (χ2n) is 7.81. The average Bonchev–Trinajstić information content (AvgIpc) is 2.74. The predicted octanol–water partition coefficient (Wildman–Crippen LogP) is 2.51. The molecule has 6 nitrogen and oxygen atoms in total. The number of amides is 2. The molecule has 2 heterocycles. The molecule has 0 radical (unpaired) electrons. The number of likely N-dealkylation sites (tertiary alicyclic amines) is 1. The van der Waals surface area contributed by atoms with Gasteiger partial charge in [-0.25, -0.2) is 0 Å². The Morgan fingerprint density at radius 3 is 2.41 bits per heavy atom. The maximum Gasteiger partial charge on any atom is 0.267 e. The van der Waals surface area contributed by atoms with Crippen molar-refractivity contribution in [1.82, 2.24) is 10.2 Å². The lowest BCUT2D eigenvalue weighted by atomic mass is 9.88. The van der Waals surface area contributed by atoms with Gasteiger partial charge in [0.2, 0.25) is 12.0 Å². The number of nitrogens with zero attached hydrogens (tertiary/aromatic N) is 1. The first-order chi connectivity index (χ1) is 13.2. The van der Waals surface area contributed by atoms with Gasteiger partial charge in [-0.05, 0) is 37.8 Å². The van der Waals surface area contributed by atoms with Gasteiger partial charge in [-0.3, -0.25) is 9.59 Å². The smallest absolute Gasteiger partial charge is 0.267 e. The fourth-order valence-electron chi connectivity index (χ4n) is 4.27. The van der Waals surface area contributed by atoms with E-state index in [9.17, 15) is 9.59 Å². The number of carbonyl (C=O) groups is 2. The zero-order valence-corrected chi connectivity index (χ0v) is 15.7. The van der Waals surface area contributed by atoms with Crippen molar-refractivity contribution in [1.29, 1.82) is 0 Å². The van der Waals surface area contributed by atoms with E-state index in [0.717, 1.165) is 38.5 Å². The molecule has 1 saturated carbocycles. The first-order valence-electron chi connectivity index (χ1n) is 10.2. The molecule has 1 atom stereocenters. The lowest BCUT2D eigenvalue weighted by Crippen LogP contribution is -2.52. The first-order valence-corrected chi connectivity index (χ1v) is 10.2. The average molecular weight is 372 g/mol. The summed E-state index contributed by atoms with van der Waals surface area (Å²) >= 11 is 0. The van der Waals surface area contributed by atoms with Crippen LogP contribution in [-0.4, -0.2) is 48.6 Å². The summed E-state index contributed by atoms with van der Waals surface area (Å²) in [6.07, 6.45) is 6.63. The van der Waals surface area contributed by atoms with Crippen molar-refractivity contribution in [2.24, 2.45) is 5.92 Å². The molecule has 2 aliphatic heterocycles. The molecule has 0 bridgehead atoms. The van der Waals surface area contributed by atoms with Crippen LogP contribution in [0.25, 0.3) is 0 Å². The molecule has 1 aromatic carbocycles. The number of hydrogen-bond acceptors (Lipinski definition) is 4. The molecule has 1 N–H and O–H groups in total. The Morgan fingerprint density at radius 1 is 0.963 bits per heavy atom. The van der Waals surface area contributed by atoms with Crippen LogP contribution in [0.3, 0.4) is 0 Å². The number of benzene rings is 1. The van der Waals surface area contributed by atoms with E-state index >= 15 is 0 Å². The molecule has 2 amide bonds. The van der Waals surface area contributed by atoms with Gasteiger partial charge in [-0.2, -0.15) is 0 Å². The molecule has 146 valence electrons. The minimum atomic E-state index is -0.590. The van der Waals surface area contributed by atoms with Crippen LogP contribution in [0.2, 0.25) is 0 Å². The minimum Gasteiger partial charge on any atom is -0.485 e. The number of hydrogen-bond donors (Lipinski definition) is 1. The highest BCUT2D eigenvalue weighted by atomic mass is 16.6. The lowest BCUT2D eigenvalue weighted by Gasteiger charge is -2.36. The Bertz CT molecular complexity index is 679. The zero-order valence-electron chi connectivity index (χ0n) is 15.7. The zero-order chi connectivity index (χ0) is 18.6. The summed E-state index contributed by atoms with van der Waals surface area (Å²) < 4.78 is 11.5. The Balaban J connectivity index is 1.25. The van der Waals surface area contributed by atoms with Crippen molar-refractivity contribution in [3.8, 4) is 11.5 Å². The molecule has 1 unspecified atom stereocenters. The Kier molecular flexibility index (Phi) is 5.50. The van der Waals surface area contributed by atoms with Crippen LogP contribution in [0.1, 0.15) is 44.9 Å². The van der Waals surface area contributed by atoms with E-state index in [1.54, 1.807) is 0 Å². The summed E-state index contributed by atoms with van der Waals surface area (Å²) in [6.45, 7) is 1.54. The summed E-state index contributed by atoms with van der Waals surface area (Å²) in [6, 6.07) is 7.60. The molecule has 0 spiro atoms. The van der Waals surface area contributed by atoms with Crippen LogP contribution in [0.5, 0.6) is 11.5 Å². The van der Waals surface area contributed by atoms with Crippen molar-refractivity contribution >= 4 is 11.8 Å². The summed E-state index contributed by atoms with van der Waals surface area (Å²) in [4.78, 5) is 27.0. The highest BCUT2D eigenvalue weighted by Gasteiger charge is 2.33. The molecule has 2 fully saturated rings. The van der Waals surface area contributed by atoms with E-state index in [0.29, 0.717) is 24.6 Å². The van der Waals surface area contributed by atoms with Gasteiger partial charge in [0.05, 0.1) is 0 Å². The standard InChI is InChI=1S/C21H28N2O4/c24-20(15-6-2-1-3-7-15)22-16-10-12-23(13-11-16)21(25)19-14-26-17-8-4-5-9-18(17)27-19/h4-5,8-9,15-16,19H,1-3,6-7,10-14H2,(H,22,24). The summed E-state index contributed by atoms with van der Waals surface area (Å²) in [5.74, 6) is 1.68. The van der Waals surface area contributed by atoms with Crippen molar-refractivity contribution in [2.75, 3.05) is 19.7 Å². The van der Waals surface area contributed by atoms with E-state index in [1.807, 2.05) is 29.2 Å². The SMILES string of the molecule is O=C(NC1CCN(C(=O)C2COc3ccccc3O2)CC1)C1CCCCC1. The number of ether oxygens (including phenoxy) is 2. The normalized spacial score (nSPS) is 23.7. The number of fused-ring (bicyclic) bond motifs is 1. The number of para-hydroxylation sites is 2. The van der Waals surface area contributed by atoms with E-state index < -0.39 is 6.10 Å². The number of piperidine rings is 1. The molecule has 3 aliphatic rings. The number of rotatable bonds is 3. The maximum absolute atomic E-state index is 12.8. The minimum absolute atomic E-state index is 0.0263.